The van der Waals surface area contributed by atoms with Gasteiger partial charge in [0.2, 0.25) is 0 Å². The summed E-state index contributed by atoms with van der Waals surface area (Å²) in [4.78, 5) is 52.5. The second kappa shape index (κ2) is 16.0. The first-order valence-electron chi connectivity index (χ1n) is 23.1. The lowest BCUT2D eigenvalue weighted by Gasteiger charge is -2.55. The lowest BCUT2D eigenvalue weighted by Crippen LogP contribution is -2.75. The number of aromatic nitrogens is 3. The molecule has 8 aliphatic rings. The number of rotatable bonds is 9. The van der Waals surface area contributed by atoms with E-state index in [0.717, 1.165) is 51.8 Å². The molecule has 0 radical (unpaired) electrons. The number of esters is 1. The molecule has 15 nitrogen and oxygen atoms in total. The molecule has 9 heterocycles. The minimum Gasteiger partial charge on any atom is -0.464 e. The first-order chi connectivity index (χ1) is 30.5. The molecule has 2 saturated carbocycles. The molecule has 7 fully saturated rings. The van der Waals surface area contributed by atoms with E-state index < -0.39 is 22.6 Å². The van der Waals surface area contributed by atoms with Crippen LogP contribution in [0.4, 0.5) is 0 Å². The number of nitrogens with zero attached hydrogens (tertiary/aromatic N) is 4. The average Bonchev–Trinajstić information content (AvgIpc) is 4.01. The summed E-state index contributed by atoms with van der Waals surface area (Å²) in [5.74, 6) is -0.318. The van der Waals surface area contributed by atoms with Crippen molar-refractivity contribution in [2.24, 2.45) is 17.3 Å². The van der Waals surface area contributed by atoms with Gasteiger partial charge in [-0.05, 0) is 108 Å². The monoisotopic (exact) mass is 878 g/mol. The van der Waals surface area contributed by atoms with E-state index in [1.807, 2.05) is 26.0 Å². The van der Waals surface area contributed by atoms with Crippen LogP contribution in [0.1, 0.15) is 103 Å². The molecule has 342 valence electrons. The third-order valence-electron chi connectivity index (χ3n) is 14.8. The summed E-state index contributed by atoms with van der Waals surface area (Å²) < 4.78 is 39.4. The number of carbonyl (C=O) groups excluding carboxylic acids is 3. The molecule has 2 N–H and O–H groups in total. The van der Waals surface area contributed by atoms with Crippen LogP contribution in [0.5, 0.6) is 0 Å². The molecular weight excluding hydrogens is 817 g/mol. The Balaban J connectivity index is 1.07. The third-order valence-corrected chi connectivity index (χ3v) is 14.8. The summed E-state index contributed by atoms with van der Waals surface area (Å²) in [7, 11) is 1.69. The van der Waals surface area contributed by atoms with Crippen molar-refractivity contribution in [2.75, 3.05) is 33.5 Å². The number of hydrazine groups is 1. The van der Waals surface area contributed by atoms with Crippen molar-refractivity contribution in [1.82, 2.24) is 30.3 Å². The number of oxazole rings is 1. The summed E-state index contributed by atoms with van der Waals surface area (Å²) in [5, 5.41) is 5.55. The Labute approximate surface area is 374 Å². The maximum Gasteiger partial charge on any atom is 0.328 e. The van der Waals surface area contributed by atoms with Gasteiger partial charge in [0.05, 0.1) is 54.9 Å². The summed E-state index contributed by atoms with van der Waals surface area (Å²) in [6, 6.07) is 9.36. The highest BCUT2D eigenvalue weighted by atomic mass is 16.5. The highest BCUT2D eigenvalue weighted by molar-refractivity contribution is 5.96. The zero-order valence-electron chi connectivity index (χ0n) is 38.2. The van der Waals surface area contributed by atoms with Crippen LogP contribution in [0.3, 0.4) is 0 Å². The largest absolute Gasteiger partial charge is 0.464 e. The number of fused-ring (bicyclic) bond motifs is 5. The SMILES string of the molecule is CO[C@@H](C)c1ncccc1-c1c2c3cc(ccc3n1CCO[C@H]1CCOC(C)(C)C1)-c1coc(n1)C[C@H](NC(=O)C13CC(C1)[C@H](C)O3)C(=O)N1CC3CC(C3)(N1)C(=O)OCC(C)(C)C2. The molecule has 15 heteroatoms. The summed E-state index contributed by atoms with van der Waals surface area (Å²) in [5.41, 5.74) is 6.80. The molecular formula is C49H62N6O9. The maximum atomic E-state index is 14.5. The number of ether oxygens (including phenoxy) is 5. The molecule has 4 atom stereocenters. The van der Waals surface area contributed by atoms with E-state index in [0.29, 0.717) is 75.9 Å². The number of nitrogens with one attached hydrogen (secondary N) is 2. The highest BCUT2D eigenvalue weighted by Crippen LogP contribution is 2.52. The highest BCUT2D eigenvalue weighted by Gasteiger charge is 2.62. The molecule has 12 rings (SSSR count). The second-order valence-electron chi connectivity index (χ2n) is 20.8. The lowest BCUT2D eigenvalue weighted by atomic mass is 9.66. The van der Waals surface area contributed by atoms with Gasteiger partial charge in [-0.25, -0.2) is 15.2 Å². The zero-order valence-corrected chi connectivity index (χ0v) is 38.2. The smallest absolute Gasteiger partial charge is 0.328 e. The zero-order chi connectivity index (χ0) is 44.8. The Morgan fingerprint density at radius 1 is 1.09 bits per heavy atom. The van der Waals surface area contributed by atoms with Crippen LogP contribution in [0.25, 0.3) is 33.4 Å². The summed E-state index contributed by atoms with van der Waals surface area (Å²) in [6.45, 7) is 14.7. The van der Waals surface area contributed by atoms with Gasteiger partial charge in [-0.1, -0.05) is 19.9 Å². The van der Waals surface area contributed by atoms with Crippen molar-refractivity contribution in [2.45, 2.75) is 141 Å². The van der Waals surface area contributed by atoms with Gasteiger partial charge < -0.3 is 38.0 Å². The van der Waals surface area contributed by atoms with Crippen molar-refractivity contribution in [3.8, 4) is 22.5 Å². The van der Waals surface area contributed by atoms with E-state index >= 15 is 0 Å². The molecule has 2 amide bonds. The number of benzene rings is 1. The van der Waals surface area contributed by atoms with Crippen molar-refractivity contribution in [1.29, 1.82) is 0 Å². The Morgan fingerprint density at radius 2 is 1.91 bits per heavy atom. The Kier molecular flexibility index (Phi) is 10.8. The van der Waals surface area contributed by atoms with E-state index in [2.05, 4.69) is 61.2 Å². The predicted molar refractivity (Wildman–Crippen MR) is 235 cm³/mol. The first kappa shape index (κ1) is 43.2. The molecule has 4 aromatic rings. The average molecular weight is 879 g/mol. The van der Waals surface area contributed by atoms with Gasteiger partial charge in [-0.3, -0.25) is 19.6 Å². The van der Waals surface area contributed by atoms with E-state index in [-0.39, 0.29) is 60.6 Å². The van der Waals surface area contributed by atoms with Gasteiger partial charge >= 0.3 is 5.97 Å². The van der Waals surface area contributed by atoms with Crippen molar-refractivity contribution in [3.63, 3.8) is 0 Å². The number of methoxy groups -OCH3 is 1. The fourth-order valence-electron chi connectivity index (χ4n) is 11.3. The number of hydrogen-bond acceptors (Lipinski definition) is 12. The number of cyclic esters (lactones) is 1. The molecule has 1 aromatic carbocycles. The number of amides is 2. The topological polar surface area (TPSA) is 169 Å². The standard InChI is InChI=1S/C49H62N6O9/c1-28-32-21-49(22-32,64-28)44(57)52-37-18-40-51-38(26-61-40)31-10-11-39-35(17-31)36(24-46(3,4)27-62-45(58)48-19-30(20-48)25-55(53-48)43(37)56)42(34-9-8-13-50-41(34)29(2)59-7)54(39)14-16-60-33-12-15-63-47(5,6)23-33/h8-11,13,17,26,28-30,32-33,37,53H,12,14-16,18-25,27H2,1-7H3,(H,52,57)/t28-,29-,30?,32?,33-,37-,48?,49?/m0/s1. The fraction of sp³-hybridized carbons (Fsp3) is 0.612. The minimum absolute atomic E-state index is 0.00784. The second-order valence-corrected chi connectivity index (χ2v) is 20.8. The van der Waals surface area contributed by atoms with Gasteiger partial charge in [0, 0.05) is 66.9 Å². The molecule has 1 spiro atoms. The van der Waals surface area contributed by atoms with Crippen molar-refractivity contribution >= 4 is 28.7 Å². The van der Waals surface area contributed by atoms with Gasteiger partial charge in [0.15, 0.2) is 5.89 Å². The van der Waals surface area contributed by atoms with Crippen LogP contribution in [0, 0.1) is 17.3 Å². The van der Waals surface area contributed by atoms with E-state index in [4.69, 9.17) is 38.1 Å². The Morgan fingerprint density at radius 3 is 2.66 bits per heavy atom. The number of hydrogen-bond donors (Lipinski definition) is 2. The quantitative estimate of drug-likeness (QED) is 0.182. The number of pyridine rings is 1. The first-order valence-corrected chi connectivity index (χ1v) is 23.1. The predicted octanol–water partition coefficient (Wildman–Crippen LogP) is 6.26. The summed E-state index contributed by atoms with van der Waals surface area (Å²) in [6.07, 6.45) is 7.78. The van der Waals surface area contributed by atoms with Crippen LogP contribution in [-0.4, -0.2) is 106 Å². The molecule has 64 heavy (non-hydrogen) atoms. The van der Waals surface area contributed by atoms with E-state index in [9.17, 15) is 14.4 Å². The van der Waals surface area contributed by atoms with Crippen LogP contribution in [0.15, 0.2) is 47.2 Å². The normalized spacial score (nSPS) is 31.1. The van der Waals surface area contributed by atoms with Crippen LogP contribution in [0.2, 0.25) is 0 Å². The van der Waals surface area contributed by atoms with Crippen molar-refractivity contribution in [3.05, 3.63) is 59.9 Å². The summed E-state index contributed by atoms with van der Waals surface area (Å²) >= 11 is 0. The molecule has 3 aromatic heterocycles. The number of carbonyl (C=O) groups is 3. The van der Waals surface area contributed by atoms with Crippen LogP contribution in [-0.2, 0) is 57.5 Å². The van der Waals surface area contributed by atoms with Crippen LogP contribution >= 0.6 is 0 Å². The van der Waals surface area contributed by atoms with Crippen LogP contribution < -0.4 is 10.7 Å². The molecule has 2 aliphatic carbocycles. The molecule has 9 bridgehead atoms. The Bertz CT molecular complexity index is 2460. The van der Waals surface area contributed by atoms with Gasteiger partial charge in [0.25, 0.3) is 11.8 Å². The third kappa shape index (κ3) is 7.74. The van der Waals surface area contributed by atoms with Gasteiger partial charge in [0.1, 0.15) is 29.1 Å². The Hall–Kier alpha value is -4.67. The fourth-order valence-corrected chi connectivity index (χ4v) is 11.3. The van der Waals surface area contributed by atoms with Gasteiger partial charge in [-0.2, -0.15) is 0 Å². The lowest BCUT2D eigenvalue weighted by molar-refractivity contribution is -0.180. The minimum atomic E-state index is -1.05. The molecule has 5 saturated heterocycles. The van der Waals surface area contributed by atoms with E-state index in [1.54, 1.807) is 19.6 Å². The molecule has 0 unspecified atom stereocenters. The van der Waals surface area contributed by atoms with E-state index in [1.165, 1.54) is 5.01 Å². The van der Waals surface area contributed by atoms with Gasteiger partial charge in [-0.15, -0.1) is 0 Å². The maximum absolute atomic E-state index is 14.5. The van der Waals surface area contributed by atoms with Crippen molar-refractivity contribution < 1.29 is 42.5 Å². The molecule has 6 aliphatic heterocycles.